The Labute approximate surface area is 97.4 Å². The largest absolute Gasteiger partial charge is 0.320 e. The van der Waals surface area contributed by atoms with Gasteiger partial charge in [-0.2, -0.15) is 0 Å². The summed E-state index contributed by atoms with van der Waals surface area (Å²) in [4.78, 5) is 29.5. The highest BCUT2D eigenvalue weighted by Gasteiger charge is 2.30. The first-order chi connectivity index (χ1) is 8.27. The molecule has 0 fully saturated rings. The molecule has 2 amide bonds. The van der Waals surface area contributed by atoms with Crippen LogP contribution in [0.15, 0.2) is 41.2 Å². The van der Waals surface area contributed by atoms with Crippen molar-refractivity contribution >= 4 is 23.7 Å². The first-order valence-corrected chi connectivity index (χ1v) is 5.21. The van der Waals surface area contributed by atoms with Crippen molar-refractivity contribution in [3.63, 3.8) is 0 Å². The molecule has 1 aromatic carbocycles. The molecule has 2 aliphatic rings. The van der Waals surface area contributed by atoms with Crippen LogP contribution < -0.4 is 5.32 Å². The standard InChI is InChI=1S/C12H9N3O2/c16-11-10-7-13-5-6-15(10)12(17)8-3-1-2-4-9(8)14-11/h1-5,7H,6H2,(H,14,16). The minimum absolute atomic E-state index is 0.184. The second kappa shape index (κ2) is 3.55. The van der Waals surface area contributed by atoms with Gasteiger partial charge in [0.2, 0.25) is 0 Å². The van der Waals surface area contributed by atoms with Crippen molar-refractivity contribution in [3.8, 4) is 0 Å². The molecule has 84 valence electrons. The SMILES string of the molecule is O=C1Nc2ccccc2C(=O)N2CC=NC=C12. The van der Waals surface area contributed by atoms with Crippen molar-refractivity contribution in [2.75, 3.05) is 11.9 Å². The lowest BCUT2D eigenvalue weighted by Crippen LogP contribution is -2.35. The third-order valence-electron chi connectivity index (χ3n) is 2.74. The number of hydrogen-bond acceptors (Lipinski definition) is 3. The molecular formula is C12H9N3O2. The molecule has 0 spiro atoms. The molecule has 0 atom stereocenters. The zero-order chi connectivity index (χ0) is 11.8. The molecule has 17 heavy (non-hydrogen) atoms. The lowest BCUT2D eigenvalue weighted by Gasteiger charge is -2.21. The number of amides is 2. The molecule has 5 nitrogen and oxygen atoms in total. The lowest BCUT2D eigenvalue weighted by molar-refractivity contribution is -0.114. The van der Waals surface area contributed by atoms with Gasteiger partial charge in [-0.05, 0) is 12.1 Å². The molecule has 1 N–H and O–H groups in total. The van der Waals surface area contributed by atoms with Crippen LogP contribution in [0.1, 0.15) is 10.4 Å². The minimum atomic E-state index is -0.305. The number of nitrogens with zero attached hydrogens (tertiary/aromatic N) is 2. The van der Waals surface area contributed by atoms with Crippen molar-refractivity contribution in [2.24, 2.45) is 4.99 Å². The second-order valence-electron chi connectivity index (χ2n) is 3.76. The highest BCUT2D eigenvalue weighted by Crippen LogP contribution is 2.25. The van der Waals surface area contributed by atoms with Gasteiger partial charge >= 0.3 is 0 Å². The van der Waals surface area contributed by atoms with Crippen molar-refractivity contribution in [2.45, 2.75) is 0 Å². The van der Waals surface area contributed by atoms with Gasteiger partial charge in [-0.25, -0.2) is 0 Å². The molecule has 0 aromatic heterocycles. The molecule has 0 radical (unpaired) electrons. The molecule has 0 bridgehead atoms. The predicted octanol–water partition coefficient (Wildman–Crippen LogP) is 1.01. The zero-order valence-corrected chi connectivity index (χ0v) is 8.88. The summed E-state index contributed by atoms with van der Waals surface area (Å²) in [6.45, 7) is 0.326. The highest BCUT2D eigenvalue weighted by molar-refractivity contribution is 6.15. The summed E-state index contributed by atoms with van der Waals surface area (Å²) in [6, 6.07) is 6.97. The van der Waals surface area contributed by atoms with E-state index in [9.17, 15) is 9.59 Å². The maximum Gasteiger partial charge on any atom is 0.274 e. The molecule has 0 saturated heterocycles. The van der Waals surface area contributed by atoms with E-state index < -0.39 is 0 Å². The van der Waals surface area contributed by atoms with Crippen LogP contribution in [0.5, 0.6) is 0 Å². The maximum absolute atomic E-state index is 12.2. The molecule has 0 unspecified atom stereocenters. The summed E-state index contributed by atoms with van der Waals surface area (Å²) >= 11 is 0. The number of benzene rings is 1. The van der Waals surface area contributed by atoms with E-state index in [1.165, 1.54) is 11.1 Å². The summed E-state index contributed by atoms with van der Waals surface area (Å²) in [5.41, 5.74) is 1.33. The third kappa shape index (κ3) is 1.44. The van der Waals surface area contributed by atoms with E-state index in [1.54, 1.807) is 30.5 Å². The van der Waals surface area contributed by atoms with Gasteiger partial charge in [-0.15, -0.1) is 0 Å². The van der Waals surface area contributed by atoms with Crippen molar-refractivity contribution in [1.29, 1.82) is 0 Å². The van der Waals surface area contributed by atoms with Gasteiger partial charge in [-0.3, -0.25) is 19.5 Å². The molecule has 1 aromatic rings. The normalized spacial score (nSPS) is 17.9. The van der Waals surface area contributed by atoms with E-state index in [0.717, 1.165) is 0 Å². The van der Waals surface area contributed by atoms with E-state index in [0.29, 0.717) is 17.8 Å². The first kappa shape index (κ1) is 9.77. The van der Waals surface area contributed by atoms with Crippen LogP contribution in [0.3, 0.4) is 0 Å². The van der Waals surface area contributed by atoms with Crippen LogP contribution in [-0.4, -0.2) is 29.5 Å². The number of anilines is 1. The van der Waals surface area contributed by atoms with Crippen molar-refractivity contribution in [1.82, 2.24) is 4.90 Å². The van der Waals surface area contributed by atoms with Crippen LogP contribution in [0.2, 0.25) is 0 Å². The van der Waals surface area contributed by atoms with Gasteiger partial charge in [0, 0.05) is 6.21 Å². The summed E-state index contributed by atoms with van der Waals surface area (Å²) in [7, 11) is 0. The van der Waals surface area contributed by atoms with Crippen LogP contribution in [0.4, 0.5) is 5.69 Å². The van der Waals surface area contributed by atoms with Gasteiger partial charge in [0.15, 0.2) is 0 Å². The number of aliphatic imine (C=N–C) groups is 1. The maximum atomic E-state index is 12.2. The van der Waals surface area contributed by atoms with Crippen LogP contribution in [0, 0.1) is 0 Å². The van der Waals surface area contributed by atoms with E-state index in [2.05, 4.69) is 10.3 Å². The number of carbonyl (C=O) groups is 2. The lowest BCUT2D eigenvalue weighted by atomic mass is 10.1. The molecule has 2 heterocycles. The Hall–Kier alpha value is -2.43. The summed E-state index contributed by atoms with van der Waals surface area (Å²) in [5.74, 6) is -0.489. The number of para-hydroxylation sites is 1. The molecule has 0 aliphatic carbocycles. The topological polar surface area (TPSA) is 61.8 Å². The Morgan fingerprint density at radius 3 is 2.94 bits per heavy atom. The van der Waals surface area contributed by atoms with Crippen LogP contribution >= 0.6 is 0 Å². The van der Waals surface area contributed by atoms with Crippen molar-refractivity contribution in [3.05, 3.63) is 41.7 Å². The average Bonchev–Trinajstić information content (AvgIpc) is 2.48. The van der Waals surface area contributed by atoms with E-state index in [-0.39, 0.29) is 17.5 Å². The van der Waals surface area contributed by atoms with E-state index in [4.69, 9.17) is 0 Å². The quantitative estimate of drug-likeness (QED) is 0.718. The fraction of sp³-hybridized carbons (Fsp3) is 0.0833. The minimum Gasteiger partial charge on any atom is -0.320 e. The summed E-state index contributed by atoms with van der Waals surface area (Å²) in [5, 5.41) is 2.71. The van der Waals surface area contributed by atoms with Crippen LogP contribution in [0.25, 0.3) is 0 Å². The second-order valence-corrected chi connectivity index (χ2v) is 3.76. The fourth-order valence-electron chi connectivity index (χ4n) is 1.90. The van der Waals surface area contributed by atoms with Crippen LogP contribution in [-0.2, 0) is 4.79 Å². The number of fused-ring (bicyclic) bond motifs is 2. The molecular weight excluding hydrogens is 218 g/mol. The highest BCUT2D eigenvalue weighted by atomic mass is 16.2. The fourth-order valence-corrected chi connectivity index (χ4v) is 1.90. The van der Waals surface area contributed by atoms with Gasteiger partial charge < -0.3 is 5.32 Å². The molecule has 5 heteroatoms. The van der Waals surface area contributed by atoms with Crippen molar-refractivity contribution < 1.29 is 9.59 Å². The number of carbonyl (C=O) groups excluding carboxylic acids is 2. The van der Waals surface area contributed by atoms with Gasteiger partial charge in [0.1, 0.15) is 5.70 Å². The Morgan fingerprint density at radius 1 is 1.24 bits per heavy atom. The van der Waals surface area contributed by atoms with E-state index in [1.807, 2.05) is 0 Å². The zero-order valence-electron chi connectivity index (χ0n) is 8.88. The monoisotopic (exact) mass is 227 g/mol. The molecule has 0 saturated carbocycles. The number of nitrogens with one attached hydrogen (secondary N) is 1. The van der Waals surface area contributed by atoms with Gasteiger partial charge in [0.25, 0.3) is 11.8 Å². The average molecular weight is 227 g/mol. The molecule has 2 aliphatic heterocycles. The van der Waals surface area contributed by atoms with Gasteiger partial charge in [0.05, 0.1) is 24.0 Å². The summed E-state index contributed by atoms with van der Waals surface area (Å²) in [6.07, 6.45) is 3.01. The number of rotatable bonds is 0. The summed E-state index contributed by atoms with van der Waals surface area (Å²) < 4.78 is 0. The predicted molar refractivity (Wildman–Crippen MR) is 62.7 cm³/mol. The van der Waals surface area contributed by atoms with E-state index >= 15 is 0 Å². The first-order valence-electron chi connectivity index (χ1n) is 5.21. The Kier molecular flexibility index (Phi) is 2.04. The Morgan fingerprint density at radius 2 is 2.06 bits per heavy atom. The third-order valence-corrected chi connectivity index (χ3v) is 2.74. The molecule has 3 rings (SSSR count). The Bertz CT molecular complexity index is 575. The van der Waals surface area contributed by atoms with Gasteiger partial charge in [-0.1, -0.05) is 12.1 Å². The Balaban J connectivity index is 2.17. The smallest absolute Gasteiger partial charge is 0.274 e. The number of hydrogen-bond donors (Lipinski definition) is 1.